The van der Waals surface area contributed by atoms with E-state index in [1.54, 1.807) is 0 Å². The zero-order valence-corrected chi connectivity index (χ0v) is 18.1. The number of hydrogen-bond donors (Lipinski definition) is 2. The Morgan fingerprint density at radius 2 is 1.83 bits per heavy atom. The number of anilines is 1. The van der Waals surface area contributed by atoms with Gasteiger partial charge in [0.25, 0.3) is 5.91 Å². The van der Waals surface area contributed by atoms with E-state index >= 15 is 0 Å². The van der Waals surface area contributed by atoms with E-state index < -0.39 is 0 Å². The third-order valence-electron chi connectivity index (χ3n) is 5.89. The van der Waals surface area contributed by atoms with E-state index in [4.69, 9.17) is 5.73 Å². The number of benzene rings is 2. The number of nitrogens with one attached hydrogen (secondary N) is 1. The highest BCUT2D eigenvalue weighted by molar-refractivity contribution is 5.94. The van der Waals surface area contributed by atoms with Crippen molar-refractivity contribution in [3.63, 3.8) is 0 Å². The maximum atomic E-state index is 12.7. The van der Waals surface area contributed by atoms with Crippen molar-refractivity contribution in [1.82, 2.24) is 15.1 Å². The van der Waals surface area contributed by atoms with Crippen molar-refractivity contribution in [3.05, 3.63) is 65.2 Å². The number of carbonyl (C=O) groups excluding carboxylic acids is 1. The van der Waals surface area contributed by atoms with Gasteiger partial charge < -0.3 is 16.0 Å². The number of hydrogen-bond acceptors (Lipinski definition) is 4. The molecule has 156 valence electrons. The van der Waals surface area contributed by atoms with Crippen LogP contribution in [0.15, 0.2) is 48.5 Å². The summed E-state index contributed by atoms with van der Waals surface area (Å²) in [7, 11) is 0. The minimum atomic E-state index is 0.0891. The Hall–Kier alpha value is -2.37. The lowest BCUT2D eigenvalue weighted by atomic mass is 9.93. The molecule has 2 aromatic rings. The smallest absolute Gasteiger partial charge is 0.253 e. The van der Waals surface area contributed by atoms with Crippen LogP contribution >= 0.6 is 0 Å². The summed E-state index contributed by atoms with van der Waals surface area (Å²) in [6, 6.07) is 17.2. The molecule has 3 N–H and O–H groups in total. The second-order valence-electron chi connectivity index (χ2n) is 8.03. The molecule has 2 aromatic carbocycles. The van der Waals surface area contributed by atoms with Gasteiger partial charge in [0.15, 0.2) is 0 Å². The van der Waals surface area contributed by atoms with Crippen molar-refractivity contribution in [3.8, 4) is 0 Å². The topological polar surface area (TPSA) is 61.6 Å². The normalized spacial score (nSPS) is 21.0. The first-order chi connectivity index (χ1) is 13.9. The Balaban J connectivity index is 1.97. The molecule has 0 saturated carbocycles. The standard InChI is InChI=1S/C24H34N4O/c1-5-27(6-2)24(29)20-12-10-19(11-13-20)23(21-8-7-9-22(25)14-21)28-16-17(3)26-15-18(28)4/h7-14,17-18,23,26H,5-6,15-16,25H2,1-4H3/t17-,18+,23?/m0/s1. The highest BCUT2D eigenvalue weighted by Crippen LogP contribution is 2.32. The van der Waals surface area contributed by atoms with Gasteiger partial charge in [0.1, 0.15) is 0 Å². The SMILES string of the molecule is CCN(CC)C(=O)c1ccc(C(c2cccc(N)c2)N2C[C@H](C)NC[C@H]2C)cc1. The van der Waals surface area contributed by atoms with Gasteiger partial charge in [-0.15, -0.1) is 0 Å². The third-order valence-corrected chi connectivity index (χ3v) is 5.89. The van der Waals surface area contributed by atoms with Gasteiger partial charge >= 0.3 is 0 Å². The number of nitrogens with zero attached hydrogens (tertiary/aromatic N) is 2. The van der Waals surface area contributed by atoms with Gasteiger partial charge in [-0.1, -0.05) is 24.3 Å². The maximum absolute atomic E-state index is 12.7. The Morgan fingerprint density at radius 3 is 2.45 bits per heavy atom. The number of nitrogens with two attached hydrogens (primary N) is 1. The highest BCUT2D eigenvalue weighted by atomic mass is 16.2. The predicted molar refractivity (Wildman–Crippen MR) is 120 cm³/mol. The molecule has 3 rings (SSSR count). The molecule has 1 saturated heterocycles. The Morgan fingerprint density at radius 1 is 1.14 bits per heavy atom. The number of nitrogen functional groups attached to an aromatic ring is 1. The quantitative estimate of drug-likeness (QED) is 0.736. The molecule has 5 nitrogen and oxygen atoms in total. The summed E-state index contributed by atoms with van der Waals surface area (Å²) >= 11 is 0. The molecule has 1 unspecified atom stereocenters. The summed E-state index contributed by atoms with van der Waals surface area (Å²) < 4.78 is 0. The van der Waals surface area contributed by atoms with Gasteiger partial charge in [-0.3, -0.25) is 9.69 Å². The number of carbonyl (C=O) groups is 1. The average molecular weight is 395 g/mol. The number of amides is 1. The second-order valence-corrected chi connectivity index (χ2v) is 8.03. The largest absolute Gasteiger partial charge is 0.399 e. The van der Waals surface area contributed by atoms with E-state index in [1.165, 1.54) is 11.1 Å². The Labute approximate surface area is 174 Å². The fourth-order valence-electron chi connectivity index (χ4n) is 4.22. The van der Waals surface area contributed by atoms with Crippen LogP contribution in [0.2, 0.25) is 0 Å². The molecule has 3 atom stereocenters. The Bertz CT molecular complexity index is 816. The summed E-state index contributed by atoms with van der Waals surface area (Å²) in [6.45, 7) is 11.9. The molecule has 1 heterocycles. The zero-order valence-electron chi connectivity index (χ0n) is 18.1. The summed E-state index contributed by atoms with van der Waals surface area (Å²) in [5, 5.41) is 3.56. The molecule has 0 radical (unpaired) electrons. The lowest BCUT2D eigenvalue weighted by Gasteiger charge is -2.43. The fourth-order valence-corrected chi connectivity index (χ4v) is 4.22. The first-order valence-corrected chi connectivity index (χ1v) is 10.7. The van der Waals surface area contributed by atoms with Crippen LogP contribution in [0.3, 0.4) is 0 Å². The van der Waals surface area contributed by atoms with Gasteiger partial charge in [-0.05, 0) is 63.1 Å². The van der Waals surface area contributed by atoms with Gasteiger partial charge in [-0.25, -0.2) is 0 Å². The van der Waals surface area contributed by atoms with Crippen molar-refractivity contribution in [2.45, 2.75) is 45.8 Å². The van der Waals surface area contributed by atoms with Crippen molar-refractivity contribution < 1.29 is 4.79 Å². The van der Waals surface area contributed by atoms with E-state index in [-0.39, 0.29) is 11.9 Å². The Kier molecular flexibility index (Phi) is 6.93. The van der Waals surface area contributed by atoms with Crippen LogP contribution in [0.1, 0.15) is 55.2 Å². The molecular weight excluding hydrogens is 360 g/mol. The van der Waals surface area contributed by atoms with Crippen LogP contribution in [-0.4, -0.2) is 54.0 Å². The summed E-state index contributed by atoms with van der Waals surface area (Å²) in [5.41, 5.74) is 10.0. The molecule has 1 aliphatic rings. The van der Waals surface area contributed by atoms with E-state index in [9.17, 15) is 4.79 Å². The fraction of sp³-hybridized carbons (Fsp3) is 0.458. The molecule has 0 aromatic heterocycles. The van der Waals surface area contributed by atoms with Crippen LogP contribution < -0.4 is 11.1 Å². The molecule has 1 fully saturated rings. The van der Waals surface area contributed by atoms with Crippen LogP contribution in [0.25, 0.3) is 0 Å². The number of rotatable bonds is 6. The van der Waals surface area contributed by atoms with Gasteiger partial charge in [0, 0.05) is 49.5 Å². The molecular formula is C24H34N4O. The summed E-state index contributed by atoms with van der Waals surface area (Å²) in [4.78, 5) is 17.1. The lowest BCUT2D eigenvalue weighted by molar-refractivity contribution is 0.0773. The van der Waals surface area contributed by atoms with Crippen molar-refractivity contribution in [1.29, 1.82) is 0 Å². The first-order valence-electron chi connectivity index (χ1n) is 10.7. The second kappa shape index (κ2) is 9.42. The molecule has 0 aliphatic carbocycles. The zero-order chi connectivity index (χ0) is 21.0. The number of piperazine rings is 1. The van der Waals surface area contributed by atoms with E-state index in [1.807, 2.05) is 43.0 Å². The van der Waals surface area contributed by atoms with Crippen LogP contribution in [-0.2, 0) is 0 Å². The van der Waals surface area contributed by atoms with Gasteiger partial charge in [0.2, 0.25) is 0 Å². The molecule has 0 spiro atoms. The van der Waals surface area contributed by atoms with Crippen molar-refractivity contribution in [2.24, 2.45) is 0 Å². The molecule has 0 bridgehead atoms. The van der Waals surface area contributed by atoms with Gasteiger partial charge in [0.05, 0.1) is 6.04 Å². The maximum Gasteiger partial charge on any atom is 0.253 e. The van der Waals surface area contributed by atoms with Crippen LogP contribution in [0.4, 0.5) is 5.69 Å². The molecule has 29 heavy (non-hydrogen) atoms. The minimum Gasteiger partial charge on any atom is -0.399 e. The van der Waals surface area contributed by atoms with Crippen molar-refractivity contribution in [2.75, 3.05) is 31.9 Å². The highest BCUT2D eigenvalue weighted by Gasteiger charge is 2.31. The monoisotopic (exact) mass is 394 g/mol. The molecule has 1 aliphatic heterocycles. The van der Waals surface area contributed by atoms with E-state index in [0.717, 1.165) is 37.4 Å². The third kappa shape index (κ3) is 4.80. The van der Waals surface area contributed by atoms with E-state index in [0.29, 0.717) is 12.1 Å². The summed E-state index contributed by atoms with van der Waals surface area (Å²) in [5.74, 6) is 0.0891. The van der Waals surface area contributed by atoms with Gasteiger partial charge in [-0.2, -0.15) is 0 Å². The molecule has 5 heteroatoms. The molecule has 1 amide bonds. The average Bonchev–Trinajstić information content (AvgIpc) is 2.72. The van der Waals surface area contributed by atoms with E-state index in [2.05, 4.69) is 48.3 Å². The predicted octanol–water partition coefficient (Wildman–Crippen LogP) is 3.52. The minimum absolute atomic E-state index is 0.0891. The van der Waals surface area contributed by atoms with Crippen molar-refractivity contribution >= 4 is 11.6 Å². The first kappa shape index (κ1) is 21.3. The summed E-state index contributed by atoms with van der Waals surface area (Å²) in [6.07, 6.45) is 0. The van der Waals surface area contributed by atoms with Crippen LogP contribution in [0, 0.1) is 0 Å². The lowest BCUT2D eigenvalue weighted by Crippen LogP contribution is -2.55. The van der Waals surface area contributed by atoms with Crippen LogP contribution in [0.5, 0.6) is 0 Å².